The molecule has 0 radical (unpaired) electrons. The van der Waals surface area contributed by atoms with Gasteiger partial charge in [-0.05, 0) is 0 Å². The van der Waals surface area contributed by atoms with Gasteiger partial charge in [0, 0.05) is 14.0 Å². The van der Waals surface area contributed by atoms with Gasteiger partial charge in [0.25, 0.3) is 0 Å². The van der Waals surface area contributed by atoms with Crippen LogP contribution in [0.1, 0.15) is 17.5 Å². The number of nitrogen functional groups attached to an aromatic ring is 1. The van der Waals surface area contributed by atoms with Crippen molar-refractivity contribution < 1.29 is 4.79 Å². The topological polar surface area (TPSA) is 60.9 Å². The lowest BCUT2D eigenvalue weighted by atomic mass is 10.4. The first-order valence-electron chi connectivity index (χ1n) is 2.91. The zero-order valence-electron chi connectivity index (χ0n) is 5.96. The van der Waals surface area contributed by atoms with Crippen molar-refractivity contribution in [1.82, 2.24) is 9.55 Å². The van der Waals surface area contributed by atoms with E-state index in [0.717, 1.165) is 0 Å². The summed E-state index contributed by atoms with van der Waals surface area (Å²) in [6, 6.07) is 0. The summed E-state index contributed by atoms with van der Waals surface area (Å²) in [6.45, 7) is 1.46. The van der Waals surface area contributed by atoms with Crippen LogP contribution in [0.4, 0.5) is 5.82 Å². The van der Waals surface area contributed by atoms with Crippen molar-refractivity contribution in [3.8, 4) is 0 Å². The number of anilines is 1. The molecule has 0 fully saturated rings. The highest BCUT2D eigenvalue weighted by Crippen LogP contribution is 2.03. The first kappa shape index (κ1) is 6.80. The second-order valence-corrected chi connectivity index (χ2v) is 2.12. The summed E-state index contributed by atoms with van der Waals surface area (Å²) in [5, 5.41) is 0. The van der Waals surface area contributed by atoms with E-state index < -0.39 is 0 Å². The molecule has 0 saturated heterocycles. The third-order valence-electron chi connectivity index (χ3n) is 1.34. The Bertz CT molecular complexity index is 264. The van der Waals surface area contributed by atoms with Crippen LogP contribution in [0, 0.1) is 0 Å². The van der Waals surface area contributed by atoms with Gasteiger partial charge < -0.3 is 10.3 Å². The van der Waals surface area contributed by atoms with Crippen LogP contribution >= 0.6 is 0 Å². The SMILES string of the molecule is CC(=O)c1ncc(N)n1C. The van der Waals surface area contributed by atoms with E-state index in [4.69, 9.17) is 5.73 Å². The van der Waals surface area contributed by atoms with Crippen LogP contribution in [0.5, 0.6) is 0 Å². The maximum Gasteiger partial charge on any atom is 0.195 e. The van der Waals surface area contributed by atoms with Gasteiger partial charge in [-0.3, -0.25) is 4.79 Å². The van der Waals surface area contributed by atoms with Crippen molar-refractivity contribution >= 4 is 11.6 Å². The van der Waals surface area contributed by atoms with Crippen LogP contribution in [0.25, 0.3) is 0 Å². The third kappa shape index (κ3) is 0.877. The van der Waals surface area contributed by atoms with E-state index >= 15 is 0 Å². The Kier molecular flexibility index (Phi) is 1.45. The Morgan fingerprint density at radius 3 is 2.60 bits per heavy atom. The number of hydrogen-bond acceptors (Lipinski definition) is 3. The van der Waals surface area contributed by atoms with Gasteiger partial charge in [-0.1, -0.05) is 0 Å². The summed E-state index contributed by atoms with van der Waals surface area (Å²) >= 11 is 0. The molecule has 0 aliphatic carbocycles. The number of nitrogens with two attached hydrogens (primary N) is 1. The van der Waals surface area contributed by atoms with Gasteiger partial charge in [0.2, 0.25) is 0 Å². The van der Waals surface area contributed by atoms with Crippen molar-refractivity contribution in [2.75, 3.05) is 5.73 Å². The molecule has 4 nitrogen and oxygen atoms in total. The van der Waals surface area contributed by atoms with E-state index in [1.54, 1.807) is 11.6 Å². The predicted octanol–water partition coefficient (Wildman–Crippen LogP) is 0.205. The molecular formula is C6H9N3O. The summed E-state index contributed by atoms with van der Waals surface area (Å²) in [4.78, 5) is 14.5. The Hall–Kier alpha value is -1.32. The number of ketones is 1. The van der Waals surface area contributed by atoms with Crippen molar-refractivity contribution in [3.63, 3.8) is 0 Å². The second-order valence-electron chi connectivity index (χ2n) is 2.12. The molecule has 0 atom stereocenters. The van der Waals surface area contributed by atoms with E-state index in [1.807, 2.05) is 0 Å². The van der Waals surface area contributed by atoms with Gasteiger partial charge in [-0.2, -0.15) is 0 Å². The smallest absolute Gasteiger partial charge is 0.195 e. The van der Waals surface area contributed by atoms with E-state index in [-0.39, 0.29) is 5.78 Å². The predicted molar refractivity (Wildman–Crippen MR) is 37.6 cm³/mol. The normalized spacial score (nSPS) is 9.80. The lowest BCUT2D eigenvalue weighted by Crippen LogP contribution is -2.05. The van der Waals surface area contributed by atoms with E-state index in [9.17, 15) is 4.79 Å². The fourth-order valence-corrected chi connectivity index (χ4v) is 0.750. The second kappa shape index (κ2) is 2.13. The minimum Gasteiger partial charge on any atom is -0.384 e. The Morgan fingerprint density at radius 2 is 2.40 bits per heavy atom. The van der Waals surface area contributed by atoms with Gasteiger partial charge in [0.1, 0.15) is 5.82 Å². The number of aromatic nitrogens is 2. The summed E-state index contributed by atoms with van der Waals surface area (Å²) in [7, 11) is 1.71. The highest BCUT2D eigenvalue weighted by molar-refractivity contribution is 5.91. The van der Waals surface area contributed by atoms with E-state index in [0.29, 0.717) is 11.6 Å². The molecule has 1 heterocycles. The molecule has 1 rings (SSSR count). The van der Waals surface area contributed by atoms with Crippen LogP contribution < -0.4 is 5.73 Å². The molecule has 4 heteroatoms. The summed E-state index contributed by atoms with van der Waals surface area (Å²) in [5.74, 6) is 0.835. The number of nitrogens with zero attached hydrogens (tertiary/aromatic N) is 2. The molecule has 0 amide bonds. The van der Waals surface area contributed by atoms with Crippen molar-refractivity contribution in [1.29, 1.82) is 0 Å². The average Bonchev–Trinajstić information content (AvgIpc) is 2.14. The highest BCUT2D eigenvalue weighted by Gasteiger charge is 2.06. The fraction of sp³-hybridized carbons (Fsp3) is 0.333. The van der Waals surface area contributed by atoms with Gasteiger partial charge in [-0.15, -0.1) is 0 Å². The minimum atomic E-state index is -0.0702. The third-order valence-corrected chi connectivity index (χ3v) is 1.34. The van der Waals surface area contributed by atoms with E-state index in [1.165, 1.54) is 13.1 Å². The lowest BCUT2D eigenvalue weighted by Gasteiger charge is -1.96. The minimum absolute atomic E-state index is 0.0702. The van der Waals surface area contributed by atoms with Crippen LogP contribution in [-0.2, 0) is 7.05 Å². The highest BCUT2D eigenvalue weighted by atomic mass is 16.1. The van der Waals surface area contributed by atoms with Gasteiger partial charge in [0.15, 0.2) is 11.6 Å². The molecule has 0 bridgehead atoms. The van der Waals surface area contributed by atoms with Crippen molar-refractivity contribution in [3.05, 3.63) is 12.0 Å². The zero-order chi connectivity index (χ0) is 7.72. The molecular weight excluding hydrogens is 130 g/mol. The molecule has 0 spiro atoms. The summed E-state index contributed by atoms with van der Waals surface area (Å²) < 4.78 is 1.56. The summed E-state index contributed by atoms with van der Waals surface area (Å²) in [5.41, 5.74) is 5.43. The molecule has 0 aliphatic heterocycles. The average molecular weight is 139 g/mol. The zero-order valence-corrected chi connectivity index (χ0v) is 5.96. The molecule has 1 aromatic rings. The van der Waals surface area contributed by atoms with Gasteiger partial charge in [0.05, 0.1) is 6.20 Å². The lowest BCUT2D eigenvalue weighted by molar-refractivity contribution is 0.100. The maximum absolute atomic E-state index is 10.7. The van der Waals surface area contributed by atoms with Crippen LogP contribution in [0.3, 0.4) is 0 Å². The fourth-order valence-electron chi connectivity index (χ4n) is 0.750. The number of hydrogen-bond donors (Lipinski definition) is 1. The van der Waals surface area contributed by atoms with E-state index in [2.05, 4.69) is 4.98 Å². The monoisotopic (exact) mass is 139 g/mol. The molecule has 0 aliphatic rings. The number of Topliss-reactive ketones (excluding diaryl/α,β-unsaturated/α-hetero) is 1. The molecule has 2 N–H and O–H groups in total. The largest absolute Gasteiger partial charge is 0.384 e. The Labute approximate surface area is 58.7 Å². The Morgan fingerprint density at radius 1 is 1.80 bits per heavy atom. The number of carbonyl (C=O) groups is 1. The molecule has 1 aromatic heterocycles. The van der Waals surface area contributed by atoms with Gasteiger partial charge >= 0.3 is 0 Å². The standard InChI is InChI=1S/C6H9N3O/c1-4(10)6-8-3-5(7)9(6)2/h3H,7H2,1-2H3. The number of carbonyl (C=O) groups excluding carboxylic acids is 1. The quantitative estimate of drug-likeness (QED) is 0.565. The first-order chi connectivity index (χ1) is 4.63. The number of rotatable bonds is 1. The summed E-state index contributed by atoms with van der Waals surface area (Å²) in [6.07, 6.45) is 1.47. The molecule has 0 aromatic carbocycles. The maximum atomic E-state index is 10.7. The first-order valence-corrected chi connectivity index (χ1v) is 2.91. The van der Waals surface area contributed by atoms with Crippen molar-refractivity contribution in [2.24, 2.45) is 7.05 Å². The van der Waals surface area contributed by atoms with Crippen LogP contribution in [0.2, 0.25) is 0 Å². The molecule has 10 heavy (non-hydrogen) atoms. The molecule has 0 unspecified atom stereocenters. The Balaban J connectivity index is 3.17. The molecule has 54 valence electrons. The number of imidazole rings is 1. The van der Waals surface area contributed by atoms with Crippen LogP contribution in [-0.4, -0.2) is 15.3 Å². The van der Waals surface area contributed by atoms with Crippen molar-refractivity contribution in [2.45, 2.75) is 6.92 Å². The van der Waals surface area contributed by atoms with Gasteiger partial charge in [-0.25, -0.2) is 4.98 Å². The van der Waals surface area contributed by atoms with Crippen LogP contribution in [0.15, 0.2) is 6.20 Å². The molecule has 0 saturated carbocycles.